The van der Waals surface area contributed by atoms with E-state index in [1.165, 1.54) is 23.9 Å². The summed E-state index contributed by atoms with van der Waals surface area (Å²) in [4.78, 5) is 33.4. The molecule has 0 aliphatic carbocycles. The first-order valence-electron chi connectivity index (χ1n) is 13.3. The van der Waals surface area contributed by atoms with Gasteiger partial charge in [-0.25, -0.2) is 14.2 Å². The van der Waals surface area contributed by atoms with Gasteiger partial charge in [0.2, 0.25) is 5.91 Å². The lowest BCUT2D eigenvalue weighted by molar-refractivity contribution is -0.141. The van der Waals surface area contributed by atoms with Crippen molar-refractivity contribution in [2.45, 2.75) is 32.5 Å². The molecule has 0 aromatic heterocycles. The summed E-state index contributed by atoms with van der Waals surface area (Å²) in [5.41, 5.74) is 3.80. The second-order valence-electron chi connectivity index (χ2n) is 9.64. The number of benzene rings is 3. The highest BCUT2D eigenvalue weighted by molar-refractivity contribution is 8.16. The van der Waals surface area contributed by atoms with E-state index >= 15 is 0 Å². The fourth-order valence-corrected chi connectivity index (χ4v) is 5.77. The molecule has 1 N–H and O–H groups in total. The summed E-state index contributed by atoms with van der Waals surface area (Å²) < 4.78 is 30.3. The Morgan fingerprint density at radius 3 is 2.48 bits per heavy atom. The number of hydrogen-bond donors (Lipinski definition) is 1. The quantitative estimate of drug-likeness (QED) is 0.297. The molecule has 1 atom stereocenters. The second-order valence-corrected chi connectivity index (χ2v) is 10.5. The van der Waals surface area contributed by atoms with Gasteiger partial charge in [0.15, 0.2) is 5.17 Å². The topological polar surface area (TPSA) is 89.5 Å². The van der Waals surface area contributed by atoms with Crippen LogP contribution in [0.1, 0.15) is 36.1 Å². The number of esters is 1. The van der Waals surface area contributed by atoms with Crippen molar-refractivity contribution >= 4 is 28.8 Å². The molecule has 0 unspecified atom stereocenters. The maximum absolute atomic E-state index is 13.7. The fourth-order valence-electron chi connectivity index (χ4n) is 4.81. The normalized spacial score (nSPS) is 15.9. The van der Waals surface area contributed by atoms with Crippen LogP contribution in [0.25, 0.3) is 0 Å². The first-order valence-corrected chi connectivity index (χ1v) is 14.1. The van der Waals surface area contributed by atoms with Crippen LogP contribution in [-0.2, 0) is 27.5 Å². The summed E-state index contributed by atoms with van der Waals surface area (Å²) in [6.45, 7) is 2.12. The van der Waals surface area contributed by atoms with Gasteiger partial charge in [-0.2, -0.15) is 0 Å². The lowest BCUT2D eigenvalue weighted by Gasteiger charge is -2.37. The third kappa shape index (κ3) is 6.33. The smallest absolute Gasteiger partial charge is 0.338 e. The standard InChI is InChI=1S/C32H30FN3O5S/c1-20-29(31(38)41-18-22-7-5-4-6-8-22)30(26-16-25(39-2)13-14-27(26)40-3)36-24(19-42-32(36)35-20)15-28(37)34-17-21-9-11-23(33)12-10-21/h4-14,16,19,30H,15,17-18H2,1-3H3,(H,34,37)/t30-/m0/s1. The monoisotopic (exact) mass is 587 g/mol. The third-order valence-corrected chi connectivity index (χ3v) is 7.80. The lowest BCUT2D eigenvalue weighted by atomic mass is 9.92. The number of carbonyl (C=O) groups is 2. The Hall–Kier alpha value is -4.57. The van der Waals surface area contributed by atoms with Crippen LogP contribution < -0.4 is 14.8 Å². The number of methoxy groups -OCH3 is 2. The predicted molar refractivity (Wildman–Crippen MR) is 159 cm³/mol. The van der Waals surface area contributed by atoms with E-state index in [0.29, 0.717) is 39.2 Å². The number of aliphatic imine (C=N–C) groups is 1. The Kier molecular flexibility index (Phi) is 8.92. The van der Waals surface area contributed by atoms with Crippen LogP contribution in [0.5, 0.6) is 11.5 Å². The molecule has 2 aliphatic rings. The number of halogens is 1. The number of amidine groups is 1. The SMILES string of the molecule is COc1ccc(OC)c([C@H]2C(C(=O)OCc3ccccc3)=C(C)N=C3SC=C(CC(=O)NCc4ccc(F)cc4)N32)c1. The average molecular weight is 588 g/mol. The summed E-state index contributed by atoms with van der Waals surface area (Å²) in [7, 11) is 3.13. The van der Waals surface area contributed by atoms with Crippen molar-refractivity contribution in [2.75, 3.05) is 14.2 Å². The Bertz CT molecular complexity index is 1570. The molecular weight excluding hydrogens is 557 g/mol. The third-order valence-electron chi connectivity index (χ3n) is 6.91. The molecule has 3 aromatic carbocycles. The number of nitrogens with one attached hydrogen (secondary N) is 1. The number of thioether (sulfide) groups is 1. The molecule has 5 rings (SSSR count). The molecule has 216 valence electrons. The van der Waals surface area contributed by atoms with Gasteiger partial charge < -0.3 is 24.4 Å². The van der Waals surface area contributed by atoms with Crippen LogP contribution in [0.3, 0.4) is 0 Å². The molecule has 2 heterocycles. The van der Waals surface area contributed by atoms with E-state index in [9.17, 15) is 14.0 Å². The van der Waals surface area contributed by atoms with Crippen LogP contribution in [-0.4, -0.2) is 36.2 Å². The Morgan fingerprint density at radius 1 is 1.00 bits per heavy atom. The maximum atomic E-state index is 13.7. The molecule has 3 aromatic rings. The summed E-state index contributed by atoms with van der Waals surface area (Å²) >= 11 is 1.38. The van der Waals surface area contributed by atoms with Crippen LogP contribution >= 0.6 is 11.8 Å². The molecule has 8 nitrogen and oxygen atoms in total. The molecule has 0 saturated carbocycles. The summed E-state index contributed by atoms with van der Waals surface area (Å²) in [5, 5.41) is 5.38. The molecule has 2 aliphatic heterocycles. The molecule has 1 amide bonds. The van der Waals surface area contributed by atoms with Gasteiger partial charge in [-0.05, 0) is 53.8 Å². The van der Waals surface area contributed by atoms with Crippen molar-refractivity contribution in [1.29, 1.82) is 0 Å². The molecule has 42 heavy (non-hydrogen) atoms. The van der Waals surface area contributed by atoms with Crippen molar-refractivity contribution < 1.29 is 28.2 Å². The lowest BCUT2D eigenvalue weighted by Crippen LogP contribution is -2.38. The number of rotatable bonds is 10. The molecule has 0 saturated heterocycles. The van der Waals surface area contributed by atoms with E-state index in [2.05, 4.69) is 5.32 Å². The van der Waals surface area contributed by atoms with Crippen LogP contribution in [0.2, 0.25) is 0 Å². The zero-order chi connectivity index (χ0) is 29.6. The van der Waals surface area contributed by atoms with Gasteiger partial charge in [-0.15, -0.1) is 0 Å². The van der Waals surface area contributed by atoms with Gasteiger partial charge >= 0.3 is 5.97 Å². The van der Waals surface area contributed by atoms with Crippen LogP contribution in [0.15, 0.2) is 100 Å². The van der Waals surface area contributed by atoms with Crippen molar-refractivity contribution in [1.82, 2.24) is 10.2 Å². The fraction of sp³-hybridized carbons (Fsp3) is 0.219. The number of ether oxygens (including phenoxy) is 3. The highest BCUT2D eigenvalue weighted by atomic mass is 32.2. The largest absolute Gasteiger partial charge is 0.497 e. The average Bonchev–Trinajstić information content (AvgIpc) is 3.40. The first-order chi connectivity index (χ1) is 20.4. The zero-order valence-corrected chi connectivity index (χ0v) is 24.2. The van der Waals surface area contributed by atoms with Gasteiger partial charge in [0, 0.05) is 17.8 Å². The summed E-state index contributed by atoms with van der Waals surface area (Å²) in [6, 6.07) is 20.1. The maximum Gasteiger partial charge on any atom is 0.338 e. The van der Waals surface area contributed by atoms with Crippen LogP contribution in [0.4, 0.5) is 4.39 Å². The van der Waals surface area contributed by atoms with Gasteiger partial charge in [0.25, 0.3) is 0 Å². The molecule has 0 radical (unpaired) electrons. The number of carbonyl (C=O) groups excluding carboxylic acids is 2. The summed E-state index contributed by atoms with van der Waals surface area (Å²) in [5.74, 6) is 0.0315. The minimum absolute atomic E-state index is 0.0292. The number of hydrogen-bond acceptors (Lipinski definition) is 8. The van der Waals surface area contributed by atoms with Gasteiger partial charge in [-0.3, -0.25) is 4.79 Å². The number of nitrogens with zero attached hydrogens (tertiary/aromatic N) is 2. The minimum atomic E-state index is -0.697. The second kappa shape index (κ2) is 12.9. The molecule has 10 heteroatoms. The van der Waals surface area contributed by atoms with Crippen molar-refractivity contribution in [3.8, 4) is 11.5 Å². The molecule has 0 spiro atoms. The summed E-state index contributed by atoms with van der Waals surface area (Å²) in [6.07, 6.45) is 0.0292. The van der Waals surface area contributed by atoms with Gasteiger partial charge in [0.1, 0.15) is 23.9 Å². The first kappa shape index (κ1) is 28.9. The molecular formula is C32H30FN3O5S. The number of amides is 1. The molecule has 0 bridgehead atoms. The van der Waals surface area contributed by atoms with Gasteiger partial charge in [0.05, 0.1) is 38.0 Å². The predicted octanol–water partition coefficient (Wildman–Crippen LogP) is 5.87. The van der Waals surface area contributed by atoms with E-state index in [4.69, 9.17) is 19.2 Å². The highest BCUT2D eigenvalue weighted by Crippen LogP contribution is 2.47. The number of fused-ring (bicyclic) bond motifs is 1. The molecule has 0 fully saturated rings. The van der Waals surface area contributed by atoms with Crippen molar-refractivity contribution in [2.24, 2.45) is 4.99 Å². The minimum Gasteiger partial charge on any atom is -0.497 e. The van der Waals surface area contributed by atoms with E-state index < -0.39 is 12.0 Å². The zero-order valence-electron chi connectivity index (χ0n) is 23.4. The van der Waals surface area contributed by atoms with Gasteiger partial charge in [-0.1, -0.05) is 54.2 Å². The van der Waals surface area contributed by atoms with E-state index in [0.717, 1.165) is 11.1 Å². The van der Waals surface area contributed by atoms with E-state index in [-0.39, 0.29) is 31.3 Å². The van der Waals surface area contributed by atoms with E-state index in [1.807, 2.05) is 46.7 Å². The Morgan fingerprint density at radius 2 is 1.76 bits per heavy atom. The van der Waals surface area contributed by atoms with Crippen molar-refractivity contribution in [3.63, 3.8) is 0 Å². The Labute approximate surface area is 247 Å². The highest BCUT2D eigenvalue weighted by Gasteiger charge is 2.42. The Balaban J connectivity index is 1.45. The van der Waals surface area contributed by atoms with E-state index in [1.54, 1.807) is 45.4 Å². The number of allylic oxidation sites excluding steroid dienone is 1. The van der Waals surface area contributed by atoms with Crippen molar-refractivity contribution in [3.05, 3.63) is 118 Å². The van der Waals surface area contributed by atoms with Crippen LogP contribution in [0, 0.1) is 5.82 Å².